The van der Waals surface area contributed by atoms with Gasteiger partial charge in [0, 0.05) is 0 Å². The summed E-state index contributed by atoms with van der Waals surface area (Å²) in [5.41, 5.74) is -0.132. The number of rotatable bonds is 3. The Morgan fingerprint density at radius 3 is 2.56 bits per heavy atom. The second-order valence-electron chi connectivity index (χ2n) is 2.94. The maximum atomic E-state index is 11.1. The van der Waals surface area contributed by atoms with Crippen molar-refractivity contribution in [3.05, 3.63) is 22.7 Å². The molecule has 0 fully saturated rings. The molecule has 0 saturated carbocycles. The highest BCUT2D eigenvalue weighted by molar-refractivity contribution is 6.31. The van der Waals surface area contributed by atoms with E-state index in [1.807, 2.05) is 0 Å². The lowest BCUT2D eigenvalue weighted by molar-refractivity contribution is -0.150. The van der Waals surface area contributed by atoms with Crippen LogP contribution in [-0.4, -0.2) is 30.4 Å². The number of halogens is 1. The van der Waals surface area contributed by atoms with Crippen molar-refractivity contribution in [2.45, 2.75) is 6.10 Å². The van der Waals surface area contributed by atoms with Crippen molar-refractivity contribution in [3.8, 4) is 11.5 Å². The minimum atomic E-state index is -1.65. The summed E-state index contributed by atoms with van der Waals surface area (Å²) in [4.78, 5) is 11.1. The summed E-state index contributed by atoms with van der Waals surface area (Å²) in [5, 5.41) is 19.4. The predicted molar refractivity (Wildman–Crippen MR) is 56.6 cm³/mol. The third-order valence-electron chi connectivity index (χ3n) is 2.04. The van der Waals surface area contributed by atoms with Crippen LogP contribution in [0.5, 0.6) is 11.5 Å². The van der Waals surface area contributed by atoms with Gasteiger partial charge < -0.3 is 19.7 Å². The van der Waals surface area contributed by atoms with Crippen molar-refractivity contribution in [2.24, 2.45) is 0 Å². The first-order valence-electron chi connectivity index (χ1n) is 4.34. The van der Waals surface area contributed by atoms with Gasteiger partial charge in [-0.05, 0) is 12.1 Å². The van der Waals surface area contributed by atoms with Gasteiger partial charge in [0.15, 0.2) is 17.6 Å². The summed E-state index contributed by atoms with van der Waals surface area (Å²) in [6, 6.07) is 2.83. The molecule has 0 aromatic heterocycles. The van der Waals surface area contributed by atoms with E-state index in [4.69, 9.17) is 16.3 Å². The molecule has 1 atom stereocenters. The van der Waals surface area contributed by atoms with Crippen LogP contribution in [0.2, 0.25) is 5.02 Å². The Kier molecular flexibility index (Phi) is 3.98. The Morgan fingerprint density at radius 1 is 1.44 bits per heavy atom. The first kappa shape index (κ1) is 12.6. The first-order valence-corrected chi connectivity index (χ1v) is 4.72. The van der Waals surface area contributed by atoms with E-state index in [-0.39, 0.29) is 22.1 Å². The lowest BCUT2D eigenvalue weighted by Gasteiger charge is -2.14. The van der Waals surface area contributed by atoms with Crippen LogP contribution in [0.15, 0.2) is 12.1 Å². The molecule has 1 rings (SSSR count). The van der Waals surface area contributed by atoms with E-state index in [0.717, 1.165) is 7.11 Å². The van der Waals surface area contributed by atoms with Crippen LogP contribution in [-0.2, 0) is 9.53 Å². The van der Waals surface area contributed by atoms with Gasteiger partial charge in [-0.2, -0.15) is 0 Å². The summed E-state index contributed by atoms with van der Waals surface area (Å²) in [5.74, 6) is -1.18. The van der Waals surface area contributed by atoms with Crippen LogP contribution in [0, 0.1) is 0 Å². The smallest absolute Gasteiger partial charge is 0.339 e. The number of phenols is 1. The molecule has 5 nitrogen and oxygen atoms in total. The maximum absolute atomic E-state index is 11.1. The van der Waals surface area contributed by atoms with Crippen molar-refractivity contribution >= 4 is 17.6 Å². The fourth-order valence-corrected chi connectivity index (χ4v) is 1.47. The van der Waals surface area contributed by atoms with Crippen molar-refractivity contribution in [2.75, 3.05) is 14.2 Å². The second-order valence-corrected chi connectivity index (χ2v) is 3.34. The van der Waals surface area contributed by atoms with Crippen molar-refractivity contribution in [1.82, 2.24) is 0 Å². The van der Waals surface area contributed by atoms with Crippen molar-refractivity contribution in [1.29, 1.82) is 0 Å². The van der Waals surface area contributed by atoms with Gasteiger partial charge in [-0.15, -0.1) is 0 Å². The number of esters is 1. The van der Waals surface area contributed by atoms with E-state index in [1.54, 1.807) is 0 Å². The summed E-state index contributed by atoms with van der Waals surface area (Å²) in [7, 11) is 2.47. The summed E-state index contributed by atoms with van der Waals surface area (Å²) in [6.07, 6.45) is -1.65. The number of carbonyl (C=O) groups is 1. The lowest BCUT2D eigenvalue weighted by atomic mass is 10.1. The van der Waals surface area contributed by atoms with Gasteiger partial charge in [0.2, 0.25) is 0 Å². The molecule has 1 unspecified atom stereocenters. The number of hydrogen-bond donors (Lipinski definition) is 2. The van der Waals surface area contributed by atoms with E-state index < -0.39 is 12.1 Å². The predicted octanol–water partition coefficient (Wildman–Crippen LogP) is 1.26. The molecule has 6 heteroatoms. The summed E-state index contributed by atoms with van der Waals surface area (Å²) < 4.78 is 9.18. The van der Waals surface area contributed by atoms with Crippen molar-refractivity contribution < 1.29 is 24.5 Å². The highest BCUT2D eigenvalue weighted by Gasteiger charge is 2.26. The van der Waals surface area contributed by atoms with Gasteiger partial charge >= 0.3 is 5.97 Å². The zero-order valence-corrected chi connectivity index (χ0v) is 9.49. The highest BCUT2D eigenvalue weighted by Crippen LogP contribution is 2.38. The van der Waals surface area contributed by atoms with E-state index in [9.17, 15) is 15.0 Å². The number of ether oxygens (including phenoxy) is 2. The average molecular weight is 247 g/mol. The van der Waals surface area contributed by atoms with Crippen LogP contribution in [0.4, 0.5) is 0 Å². The molecule has 1 aromatic carbocycles. The van der Waals surface area contributed by atoms with Crippen LogP contribution >= 0.6 is 11.6 Å². The van der Waals surface area contributed by atoms with Gasteiger partial charge in [0.1, 0.15) is 0 Å². The molecule has 2 N–H and O–H groups in total. The number of carbonyl (C=O) groups excluding carboxylic acids is 1. The Balaban J connectivity index is 3.26. The molecule has 0 saturated heterocycles. The molecule has 0 aliphatic rings. The number of hydrogen-bond acceptors (Lipinski definition) is 5. The van der Waals surface area contributed by atoms with E-state index in [2.05, 4.69) is 4.74 Å². The molecule has 16 heavy (non-hydrogen) atoms. The number of aliphatic hydroxyl groups excluding tert-OH is 1. The quantitative estimate of drug-likeness (QED) is 0.786. The van der Waals surface area contributed by atoms with Crippen LogP contribution in [0.1, 0.15) is 11.7 Å². The zero-order chi connectivity index (χ0) is 12.3. The number of aromatic hydroxyl groups is 1. The fraction of sp³-hybridized carbons (Fsp3) is 0.300. The summed E-state index contributed by atoms with van der Waals surface area (Å²) >= 11 is 5.77. The average Bonchev–Trinajstić information content (AvgIpc) is 2.28. The summed E-state index contributed by atoms with van der Waals surface area (Å²) in [6.45, 7) is 0. The van der Waals surface area contributed by atoms with E-state index in [1.165, 1.54) is 19.2 Å². The van der Waals surface area contributed by atoms with Crippen molar-refractivity contribution in [3.63, 3.8) is 0 Å². The number of aliphatic hydroxyl groups is 1. The number of phenolic OH excluding ortho intramolecular Hbond substituents is 1. The molecule has 0 radical (unpaired) electrons. The standard InChI is InChI=1S/C10H11ClO5/c1-15-6-4-3-5(11)7(8(6)12)9(13)10(14)16-2/h3-4,9,12-13H,1-2H3. The van der Waals surface area contributed by atoms with Gasteiger partial charge in [0.25, 0.3) is 0 Å². The van der Waals surface area contributed by atoms with E-state index >= 15 is 0 Å². The SMILES string of the molecule is COC(=O)C(O)c1c(Cl)ccc(OC)c1O. The van der Waals surface area contributed by atoms with Gasteiger partial charge in [-0.1, -0.05) is 11.6 Å². The monoisotopic (exact) mass is 246 g/mol. The third kappa shape index (κ3) is 2.20. The number of methoxy groups -OCH3 is 2. The molecular weight excluding hydrogens is 236 g/mol. The topological polar surface area (TPSA) is 76.0 Å². The second kappa shape index (κ2) is 5.05. The Labute approximate surface area is 97.2 Å². The number of benzene rings is 1. The zero-order valence-electron chi connectivity index (χ0n) is 8.73. The van der Waals surface area contributed by atoms with Gasteiger partial charge in [0.05, 0.1) is 24.8 Å². The minimum absolute atomic E-state index is 0.0520. The van der Waals surface area contributed by atoms with Crippen LogP contribution in [0.3, 0.4) is 0 Å². The molecule has 0 aliphatic carbocycles. The molecule has 1 aromatic rings. The fourth-order valence-electron chi connectivity index (χ4n) is 1.22. The first-order chi connectivity index (χ1) is 7.52. The van der Waals surface area contributed by atoms with Gasteiger partial charge in [-0.3, -0.25) is 0 Å². The van der Waals surface area contributed by atoms with Crippen LogP contribution < -0.4 is 4.74 Å². The minimum Gasteiger partial charge on any atom is -0.504 e. The highest BCUT2D eigenvalue weighted by atomic mass is 35.5. The normalized spacial score (nSPS) is 12.0. The molecule has 88 valence electrons. The Morgan fingerprint density at radius 2 is 2.06 bits per heavy atom. The molecule has 0 amide bonds. The Hall–Kier alpha value is -1.46. The third-order valence-corrected chi connectivity index (χ3v) is 2.37. The van der Waals surface area contributed by atoms with E-state index in [0.29, 0.717) is 0 Å². The molecule has 0 bridgehead atoms. The molecular formula is C10H11ClO5. The lowest BCUT2D eigenvalue weighted by Crippen LogP contribution is -2.14. The molecule has 0 spiro atoms. The molecule has 0 aliphatic heterocycles. The largest absolute Gasteiger partial charge is 0.504 e. The molecule has 0 heterocycles. The Bertz CT molecular complexity index is 404. The maximum Gasteiger partial charge on any atom is 0.339 e. The van der Waals surface area contributed by atoms with Gasteiger partial charge in [-0.25, -0.2) is 4.79 Å². The van der Waals surface area contributed by atoms with Crippen LogP contribution in [0.25, 0.3) is 0 Å².